The van der Waals surface area contributed by atoms with Crippen LogP contribution in [0.3, 0.4) is 0 Å². The smallest absolute Gasteiger partial charge is 0.0894 e. The minimum absolute atomic E-state index is 0.916. The number of hydrogen-bond acceptors (Lipinski definition) is 2. The van der Waals surface area contributed by atoms with Crippen LogP contribution in [0.1, 0.15) is 5.56 Å². The predicted octanol–water partition coefficient (Wildman–Crippen LogP) is 4.76. The zero-order chi connectivity index (χ0) is 14.2. The summed E-state index contributed by atoms with van der Waals surface area (Å²) in [6.45, 7) is 2.09. The van der Waals surface area contributed by atoms with Gasteiger partial charge in [-0.2, -0.15) is 0 Å². The third kappa shape index (κ3) is 2.05. The van der Waals surface area contributed by atoms with Gasteiger partial charge in [0, 0.05) is 10.8 Å². The van der Waals surface area contributed by atoms with Crippen LogP contribution in [0.25, 0.3) is 33.2 Å². The summed E-state index contributed by atoms with van der Waals surface area (Å²) in [7, 11) is 0. The van der Waals surface area contributed by atoms with Crippen molar-refractivity contribution in [2.75, 3.05) is 0 Å². The molecule has 0 atom stereocenters. The molecule has 0 saturated heterocycles. The normalized spacial score (nSPS) is 11.1. The molecule has 0 N–H and O–H groups in total. The van der Waals surface area contributed by atoms with Crippen molar-refractivity contribution >= 4 is 21.8 Å². The van der Waals surface area contributed by atoms with Gasteiger partial charge in [-0.05, 0) is 30.7 Å². The maximum absolute atomic E-state index is 4.79. The molecule has 4 rings (SSSR count). The number of para-hydroxylation sites is 2. The van der Waals surface area contributed by atoms with Crippen LogP contribution < -0.4 is 0 Å². The number of rotatable bonds is 1. The maximum atomic E-state index is 4.79. The number of pyridine rings is 2. The molecule has 0 aliphatic carbocycles. The van der Waals surface area contributed by atoms with Gasteiger partial charge in [0.15, 0.2) is 0 Å². The third-order valence-corrected chi connectivity index (χ3v) is 3.78. The largest absolute Gasteiger partial charge is 0.246 e. The van der Waals surface area contributed by atoms with E-state index in [0.717, 1.165) is 27.8 Å². The van der Waals surface area contributed by atoms with Crippen molar-refractivity contribution in [2.45, 2.75) is 6.92 Å². The maximum Gasteiger partial charge on any atom is 0.0894 e. The summed E-state index contributed by atoms with van der Waals surface area (Å²) in [5.41, 5.74) is 5.07. The summed E-state index contributed by atoms with van der Waals surface area (Å²) in [6, 6.07) is 22.7. The van der Waals surface area contributed by atoms with E-state index in [0.29, 0.717) is 0 Å². The Morgan fingerprint density at radius 1 is 0.619 bits per heavy atom. The highest BCUT2D eigenvalue weighted by Gasteiger charge is 2.05. The van der Waals surface area contributed by atoms with Crippen molar-refractivity contribution in [3.05, 3.63) is 72.3 Å². The summed E-state index contributed by atoms with van der Waals surface area (Å²) in [5.74, 6) is 0. The van der Waals surface area contributed by atoms with E-state index in [9.17, 15) is 0 Å². The topological polar surface area (TPSA) is 25.8 Å². The molecule has 0 aliphatic heterocycles. The van der Waals surface area contributed by atoms with Gasteiger partial charge in [-0.1, -0.05) is 48.5 Å². The first-order valence-electron chi connectivity index (χ1n) is 7.04. The molecule has 100 valence electrons. The molecular formula is C19H14N2. The van der Waals surface area contributed by atoms with E-state index >= 15 is 0 Å². The van der Waals surface area contributed by atoms with Crippen molar-refractivity contribution < 1.29 is 0 Å². The molecule has 2 heteroatoms. The lowest BCUT2D eigenvalue weighted by Crippen LogP contribution is -1.90. The van der Waals surface area contributed by atoms with Gasteiger partial charge in [0.1, 0.15) is 0 Å². The van der Waals surface area contributed by atoms with Gasteiger partial charge in [-0.15, -0.1) is 0 Å². The average molecular weight is 270 g/mol. The monoisotopic (exact) mass is 270 g/mol. The zero-order valence-electron chi connectivity index (χ0n) is 11.7. The van der Waals surface area contributed by atoms with Crippen LogP contribution in [0.5, 0.6) is 0 Å². The summed E-state index contributed by atoms with van der Waals surface area (Å²) in [5, 5.41) is 2.32. The van der Waals surface area contributed by atoms with E-state index in [1.807, 2.05) is 30.3 Å². The summed E-state index contributed by atoms with van der Waals surface area (Å²) < 4.78 is 0. The zero-order valence-corrected chi connectivity index (χ0v) is 11.7. The van der Waals surface area contributed by atoms with Gasteiger partial charge in [0.05, 0.1) is 22.4 Å². The van der Waals surface area contributed by atoms with Crippen molar-refractivity contribution in [3.8, 4) is 11.4 Å². The van der Waals surface area contributed by atoms with Crippen molar-refractivity contribution in [2.24, 2.45) is 0 Å². The molecule has 0 saturated carbocycles. The van der Waals surface area contributed by atoms with Gasteiger partial charge in [0.2, 0.25) is 0 Å². The van der Waals surface area contributed by atoms with E-state index in [1.54, 1.807) is 0 Å². The molecule has 0 radical (unpaired) electrons. The Hall–Kier alpha value is -2.74. The second kappa shape index (κ2) is 4.67. The average Bonchev–Trinajstić information content (AvgIpc) is 2.54. The lowest BCUT2D eigenvalue weighted by Gasteiger charge is -2.06. The second-order valence-corrected chi connectivity index (χ2v) is 5.23. The van der Waals surface area contributed by atoms with Crippen LogP contribution in [0, 0.1) is 6.92 Å². The number of nitrogens with zero attached hydrogens (tertiary/aromatic N) is 2. The predicted molar refractivity (Wildman–Crippen MR) is 87.2 cm³/mol. The lowest BCUT2D eigenvalue weighted by atomic mass is 10.1. The Morgan fingerprint density at radius 3 is 2.24 bits per heavy atom. The Bertz CT molecular complexity index is 958. The Labute approximate surface area is 123 Å². The van der Waals surface area contributed by atoms with Crippen molar-refractivity contribution in [3.63, 3.8) is 0 Å². The van der Waals surface area contributed by atoms with Crippen LogP contribution in [0.2, 0.25) is 0 Å². The SMILES string of the molecule is Cc1cccc2ccc(-c3ccc4ccccc4n3)nc12. The number of fused-ring (bicyclic) bond motifs is 2. The summed E-state index contributed by atoms with van der Waals surface area (Å²) in [4.78, 5) is 9.51. The highest BCUT2D eigenvalue weighted by molar-refractivity contribution is 5.85. The van der Waals surface area contributed by atoms with E-state index in [2.05, 4.69) is 43.3 Å². The third-order valence-electron chi connectivity index (χ3n) is 3.78. The molecular weight excluding hydrogens is 256 g/mol. The van der Waals surface area contributed by atoms with E-state index in [1.165, 1.54) is 10.9 Å². The summed E-state index contributed by atoms with van der Waals surface area (Å²) in [6.07, 6.45) is 0. The van der Waals surface area contributed by atoms with Crippen molar-refractivity contribution in [1.82, 2.24) is 9.97 Å². The molecule has 0 amide bonds. The molecule has 0 aliphatic rings. The minimum atomic E-state index is 0.916. The Balaban J connectivity index is 1.93. The number of benzene rings is 2. The first kappa shape index (κ1) is 12.0. The van der Waals surface area contributed by atoms with Crippen LogP contribution in [0.15, 0.2) is 66.7 Å². The van der Waals surface area contributed by atoms with E-state index < -0.39 is 0 Å². The highest BCUT2D eigenvalue weighted by Crippen LogP contribution is 2.23. The lowest BCUT2D eigenvalue weighted by molar-refractivity contribution is 1.30. The van der Waals surface area contributed by atoms with Crippen LogP contribution in [-0.4, -0.2) is 9.97 Å². The van der Waals surface area contributed by atoms with Gasteiger partial charge in [-0.25, -0.2) is 9.97 Å². The second-order valence-electron chi connectivity index (χ2n) is 5.23. The quantitative estimate of drug-likeness (QED) is 0.498. The first-order valence-corrected chi connectivity index (χ1v) is 7.04. The fourth-order valence-electron chi connectivity index (χ4n) is 2.65. The van der Waals surface area contributed by atoms with Gasteiger partial charge >= 0.3 is 0 Å². The molecule has 0 fully saturated rings. The molecule has 0 bridgehead atoms. The number of aromatic nitrogens is 2. The molecule has 0 spiro atoms. The van der Waals surface area contributed by atoms with Gasteiger partial charge in [-0.3, -0.25) is 0 Å². The Morgan fingerprint density at radius 2 is 1.33 bits per heavy atom. The van der Waals surface area contributed by atoms with Crippen LogP contribution in [0.4, 0.5) is 0 Å². The van der Waals surface area contributed by atoms with E-state index in [-0.39, 0.29) is 0 Å². The van der Waals surface area contributed by atoms with Crippen molar-refractivity contribution in [1.29, 1.82) is 0 Å². The van der Waals surface area contributed by atoms with Crippen LogP contribution in [-0.2, 0) is 0 Å². The fourth-order valence-corrected chi connectivity index (χ4v) is 2.65. The van der Waals surface area contributed by atoms with Gasteiger partial charge < -0.3 is 0 Å². The molecule has 0 unspecified atom stereocenters. The standard InChI is InChI=1S/C19H14N2/c1-13-5-4-7-15-10-12-18(21-19(13)15)17-11-9-14-6-2-3-8-16(14)20-17/h2-12H,1H3. The highest BCUT2D eigenvalue weighted by atomic mass is 14.8. The molecule has 4 aromatic rings. The first-order chi connectivity index (χ1) is 10.3. The molecule has 2 aromatic heterocycles. The van der Waals surface area contributed by atoms with E-state index in [4.69, 9.17) is 9.97 Å². The van der Waals surface area contributed by atoms with Crippen LogP contribution >= 0.6 is 0 Å². The fraction of sp³-hybridized carbons (Fsp3) is 0.0526. The number of hydrogen-bond donors (Lipinski definition) is 0. The molecule has 21 heavy (non-hydrogen) atoms. The van der Waals surface area contributed by atoms with Gasteiger partial charge in [0.25, 0.3) is 0 Å². The molecule has 2 heterocycles. The summed E-state index contributed by atoms with van der Waals surface area (Å²) >= 11 is 0. The molecule has 2 aromatic carbocycles. The Kier molecular flexibility index (Phi) is 2.68. The molecule has 2 nitrogen and oxygen atoms in total. The minimum Gasteiger partial charge on any atom is -0.246 e. The number of aryl methyl sites for hydroxylation is 1.